The topological polar surface area (TPSA) is 61.8 Å². The first-order valence-electron chi connectivity index (χ1n) is 6.43. The fourth-order valence-corrected chi connectivity index (χ4v) is 2.70. The lowest BCUT2D eigenvalue weighted by molar-refractivity contribution is -0.129. The standard InChI is InChI=1S/C14H21O5P/c1-4-14(13(15)11-20(16,17-2)18-3)19-10-12-8-6-5-7-9-12/h5-9,14H,4,10-11H2,1-3H3/t14-/m0/s1. The molecule has 0 unspecified atom stereocenters. The summed E-state index contributed by atoms with van der Waals surface area (Å²) >= 11 is 0. The summed E-state index contributed by atoms with van der Waals surface area (Å²) in [5.41, 5.74) is 0.986. The van der Waals surface area contributed by atoms with Crippen LogP contribution in [0.15, 0.2) is 30.3 Å². The molecule has 112 valence electrons. The summed E-state index contributed by atoms with van der Waals surface area (Å²) in [6.07, 6.45) is -0.360. The van der Waals surface area contributed by atoms with E-state index in [4.69, 9.17) is 13.8 Å². The molecule has 6 heteroatoms. The predicted octanol–water partition coefficient (Wildman–Crippen LogP) is 3.04. The number of ketones is 1. The monoisotopic (exact) mass is 300 g/mol. The second-order valence-electron chi connectivity index (χ2n) is 4.29. The molecule has 0 aliphatic rings. The van der Waals surface area contributed by atoms with Crippen LogP contribution in [-0.2, 0) is 29.8 Å². The molecule has 0 heterocycles. The van der Waals surface area contributed by atoms with Crippen molar-refractivity contribution in [2.24, 2.45) is 0 Å². The van der Waals surface area contributed by atoms with Gasteiger partial charge >= 0.3 is 7.60 Å². The van der Waals surface area contributed by atoms with Crippen LogP contribution < -0.4 is 0 Å². The smallest absolute Gasteiger partial charge is 0.337 e. The van der Waals surface area contributed by atoms with Crippen LogP contribution >= 0.6 is 7.60 Å². The van der Waals surface area contributed by atoms with Crippen molar-refractivity contribution < 1.29 is 23.1 Å². The molecular formula is C14H21O5P. The van der Waals surface area contributed by atoms with Crippen molar-refractivity contribution in [2.75, 3.05) is 20.4 Å². The average Bonchev–Trinajstić information content (AvgIpc) is 2.48. The maximum absolute atomic E-state index is 12.1. The molecule has 0 fully saturated rings. The number of benzene rings is 1. The van der Waals surface area contributed by atoms with E-state index in [1.54, 1.807) is 0 Å². The van der Waals surface area contributed by atoms with E-state index >= 15 is 0 Å². The van der Waals surface area contributed by atoms with Gasteiger partial charge in [-0.05, 0) is 12.0 Å². The Bertz CT molecular complexity index is 452. The molecule has 0 amide bonds. The van der Waals surface area contributed by atoms with Crippen molar-refractivity contribution in [3.8, 4) is 0 Å². The van der Waals surface area contributed by atoms with E-state index in [0.717, 1.165) is 5.56 Å². The molecule has 1 aromatic carbocycles. The Labute approximate surface area is 119 Å². The third kappa shape index (κ3) is 5.17. The number of ether oxygens (including phenoxy) is 1. The highest BCUT2D eigenvalue weighted by molar-refractivity contribution is 7.54. The number of hydrogen-bond donors (Lipinski definition) is 0. The van der Waals surface area contributed by atoms with Crippen LogP contribution in [-0.4, -0.2) is 32.3 Å². The van der Waals surface area contributed by atoms with Gasteiger partial charge in [-0.25, -0.2) is 0 Å². The van der Waals surface area contributed by atoms with Crippen LogP contribution in [0.25, 0.3) is 0 Å². The van der Waals surface area contributed by atoms with Crippen molar-refractivity contribution in [1.82, 2.24) is 0 Å². The Morgan fingerprint density at radius 3 is 2.30 bits per heavy atom. The van der Waals surface area contributed by atoms with E-state index in [9.17, 15) is 9.36 Å². The summed E-state index contributed by atoms with van der Waals surface area (Å²) < 4.78 is 27.1. The minimum Gasteiger partial charge on any atom is -0.366 e. The Morgan fingerprint density at radius 1 is 1.20 bits per heavy atom. The molecule has 0 bridgehead atoms. The molecule has 0 aromatic heterocycles. The first-order valence-corrected chi connectivity index (χ1v) is 8.16. The highest BCUT2D eigenvalue weighted by Gasteiger charge is 2.29. The van der Waals surface area contributed by atoms with Crippen LogP contribution in [0.3, 0.4) is 0 Å². The fraction of sp³-hybridized carbons (Fsp3) is 0.500. The van der Waals surface area contributed by atoms with E-state index in [2.05, 4.69) is 0 Å². The van der Waals surface area contributed by atoms with Crippen molar-refractivity contribution >= 4 is 13.4 Å². The van der Waals surface area contributed by atoms with E-state index in [0.29, 0.717) is 13.0 Å². The Balaban J connectivity index is 2.57. The third-order valence-electron chi connectivity index (χ3n) is 2.93. The summed E-state index contributed by atoms with van der Waals surface area (Å²) in [6.45, 7) is 2.19. The summed E-state index contributed by atoms with van der Waals surface area (Å²) in [4.78, 5) is 12.1. The minimum absolute atomic E-state index is 0.268. The molecule has 0 saturated carbocycles. The first-order chi connectivity index (χ1) is 9.54. The molecule has 0 aliphatic heterocycles. The van der Waals surface area contributed by atoms with Crippen molar-refractivity contribution in [1.29, 1.82) is 0 Å². The highest BCUT2D eigenvalue weighted by Crippen LogP contribution is 2.46. The molecule has 5 nitrogen and oxygen atoms in total. The first kappa shape index (κ1) is 17.1. The van der Waals surface area contributed by atoms with E-state index in [-0.39, 0.29) is 11.9 Å². The van der Waals surface area contributed by atoms with Gasteiger partial charge in [0.05, 0.1) is 6.61 Å². The van der Waals surface area contributed by atoms with E-state index in [1.807, 2.05) is 37.3 Å². The van der Waals surface area contributed by atoms with Crippen LogP contribution in [0.1, 0.15) is 18.9 Å². The van der Waals surface area contributed by atoms with E-state index < -0.39 is 13.7 Å². The van der Waals surface area contributed by atoms with Gasteiger partial charge in [-0.15, -0.1) is 0 Å². The van der Waals surface area contributed by atoms with Crippen LogP contribution in [0.5, 0.6) is 0 Å². The Kier molecular flexibility index (Phi) is 7.10. The van der Waals surface area contributed by atoms with E-state index in [1.165, 1.54) is 14.2 Å². The normalized spacial score (nSPS) is 13.2. The molecule has 0 N–H and O–H groups in total. The van der Waals surface area contributed by atoms with Gasteiger partial charge in [0.2, 0.25) is 0 Å². The number of Topliss-reactive ketones (excluding diaryl/α,β-unsaturated/α-hetero) is 1. The number of hydrogen-bond acceptors (Lipinski definition) is 5. The van der Waals surface area contributed by atoms with Gasteiger partial charge in [0.15, 0.2) is 5.78 Å². The van der Waals surface area contributed by atoms with Gasteiger partial charge in [0.25, 0.3) is 0 Å². The summed E-state index contributed by atoms with van der Waals surface area (Å²) in [6, 6.07) is 9.58. The molecular weight excluding hydrogens is 279 g/mol. The number of carbonyl (C=O) groups is 1. The molecule has 0 spiro atoms. The second-order valence-corrected chi connectivity index (χ2v) is 6.56. The Morgan fingerprint density at radius 2 is 1.80 bits per heavy atom. The number of rotatable bonds is 9. The zero-order chi connectivity index (χ0) is 15.0. The minimum atomic E-state index is -3.33. The fourth-order valence-electron chi connectivity index (χ4n) is 1.71. The molecule has 0 saturated heterocycles. The zero-order valence-electron chi connectivity index (χ0n) is 12.1. The second kappa shape index (κ2) is 8.32. The van der Waals surface area contributed by atoms with Gasteiger partial charge in [0.1, 0.15) is 12.3 Å². The molecule has 1 atom stereocenters. The maximum Gasteiger partial charge on any atom is 0.337 e. The molecule has 0 radical (unpaired) electrons. The highest BCUT2D eigenvalue weighted by atomic mass is 31.2. The molecule has 0 aliphatic carbocycles. The van der Waals surface area contributed by atoms with Gasteiger partial charge in [-0.1, -0.05) is 37.3 Å². The molecule has 1 aromatic rings. The van der Waals surface area contributed by atoms with Gasteiger partial charge in [-0.2, -0.15) is 0 Å². The lowest BCUT2D eigenvalue weighted by Crippen LogP contribution is -2.26. The summed E-state index contributed by atoms with van der Waals surface area (Å²) in [5.74, 6) is -0.268. The van der Waals surface area contributed by atoms with Gasteiger partial charge in [0, 0.05) is 14.2 Å². The van der Waals surface area contributed by atoms with Crippen molar-refractivity contribution in [3.05, 3.63) is 35.9 Å². The lowest BCUT2D eigenvalue weighted by Gasteiger charge is -2.18. The van der Waals surface area contributed by atoms with Crippen LogP contribution in [0.4, 0.5) is 0 Å². The molecule has 20 heavy (non-hydrogen) atoms. The van der Waals surface area contributed by atoms with Crippen molar-refractivity contribution in [3.63, 3.8) is 0 Å². The quantitative estimate of drug-likeness (QED) is 0.656. The van der Waals surface area contributed by atoms with Crippen LogP contribution in [0.2, 0.25) is 0 Å². The maximum atomic E-state index is 12.1. The largest absolute Gasteiger partial charge is 0.366 e. The predicted molar refractivity (Wildman–Crippen MR) is 76.8 cm³/mol. The third-order valence-corrected chi connectivity index (χ3v) is 4.74. The van der Waals surface area contributed by atoms with Crippen LogP contribution in [0, 0.1) is 0 Å². The summed E-state index contributed by atoms with van der Waals surface area (Å²) in [5, 5.41) is 0. The lowest BCUT2D eigenvalue weighted by atomic mass is 10.2. The number of carbonyl (C=O) groups excluding carboxylic acids is 1. The molecule has 1 rings (SSSR count). The zero-order valence-corrected chi connectivity index (χ0v) is 13.0. The average molecular weight is 300 g/mol. The van der Waals surface area contributed by atoms with Crippen molar-refractivity contribution in [2.45, 2.75) is 26.1 Å². The SMILES string of the molecule is CC[C@H](OCc1ccccc1)C(=O)CP(=O)(OC)OC. The van der Waals surface area contributed by atoms with Gasteiger partial charge in [-0.3, -0.25) is 9.36 Å². The summed E-state index contributed by atoms with van der Waals surface area (Å²) in [7, 11) is -0.795. The Hall–Kier alpha value is -1.00. The van der Waals surface area contributed by atoms with Gasteiger partial charge < -0.3 is 13.8 Å².